The fourth-order valence-corrected chi connectivity index (χ4v) is 2.25. The van der Waals surface area contributed by atoms with Gasteiger partial charge in [-0.3, -0.25) is 9.59 Å². The van der Waals surface area contributed by atoms with Gasteiger partial charge in [0.1, 0.15) is 0 Å². The SMILES string of the molecule is O=C(CPO)c1cc(O)c(O)c2c(=O)c(O)cccc12. The van der Waals surface area contributed by atoms with Crippen molar-refractivity contribution in [3.05, 3.63) is 40.1 Å². The Morgan fingerprint density at radius 1 is 1.15 bits per heavy atom. The Morgan fingerprint density at radius 3 is 2.50 bits per heavy atom. The Kier molecular flexibility index (Phi) is 3.88. The second kappa shape index (κ2) is 5.45. The van der Waals surface area contributed by atoms with Gasteiger partial charge in [0, 0.05) is 19.8 Å². The van der Waals surface area contributed by atoms with Gasteiger partial charge in [0.2, 0.25) is 5.43 Å². The maximum absolute atomic E-state index is 12.0. The third kappa shape index (κ3) is 2.31. The molecular formula is C13H11O6P. The van der Waals surface area contributed by atoms with Gasteiger partial charge in [-0.2, -0.15) is 0 Å². The van der Waals surface area contributed by atoms with E-state index in [0.29, 0.717) is 0 Å². The van der Waals surface area contributed by atoms with Gasteiger partial charge in [-0.05, 0) is 12.1 Å². The summed E-state index contributed by atoms with van der Waals surface area (Å²) in [5, 5.41) is 28.7. The number of carbonyl (C=O) groups is 1. The van der Waals surface area contributed by atoms with Crippen LogP contribution in [-0.4, -0.2) is 32.2 Å². The molecule has 0 fully saturated rings. The molecule has 0 spiro atoms. The van der Waals surface area contributed by atoms with Gasteiger partial charge in [0.05, 0.1) is 11.5 Å². The molecule has 1 atom stereocenters. The van der Waals surface area contributed by atoms with E-state index in [1.807, 2.05) is 0 Å². The number of aromatic hydroxyl groups is 3. The zero-order chi connectivity index (χ0) is 14.9. The molecule has 4 N–H and O–H groups in total. The van der Waals surface area contributed by atoms with Gasteiger partial charge in [0.25, 0.3) is 0 Å². The number of phenolic OH excluding ortho intramolecular Hbond substituents is 2. The molecule has 1 unspecified atom stereocenters. The zero-order valence-corrected chi connectivity index (χ0v) is 11.1. The summed E-state index contributed by atoms with van der Waals surface area (Å²) in [7, 11) is -0.607. The monoisotopic (exact) mass is 294 g/mol. The number of hydrogen-bond acceptors (Lipinski definition) is 6. The fraction of sp³-hybridized carbons (Fsp3) is 0.0769. The molecule has 0 radical (unpaired) electrons. The highest BCUT2D eigenvalue weighted by molar-refractivity contribution is 7.32. The van der Waals surface area contributed by atoms with Crippen LogP contribution in [0.2, 0.25) is 0 Å². The molecule has 6 nitrogen and oxygen atoms in total. The van der Waals surface area contributed by atoms with Crippen molar-refractivity contribution in [2.45, 2.75) is 0 Å². The Bertz CT molecular complexity index is 756. The van der Waals surface area contributed by atoms with Crippen LogP contribution in [0.1, 0.15) is 10.4 Å². The highest BCUT2D eigenvalue weighted by atomic mass is 31.1. The van der Waals surface area contributed by atoms with Crippen LogP contribution in [0, 0.1) is 0 Å². The maximum Gasteiger partial charge on any atom is 0.231 e. The van der Waals surface area contributed by atoms with Crippen LogP contribution in [0.3, 0.4) is 0 Å². The second-order valence-electron chi connectivity index (χ2n) is 4.08. The lowest BCUT2D eigenvalue weighted by molar-refractivity contribution is 0.102. The minimum atomic E-state index is -0.890. The third-order valence-corrected chi connectivity index (χ3v) is 3.32. The molecule has 0 aliphatic rings. The molecule has 104 valence electrons. The molecule has 2 aromatic rings. The van der Waals surface area contributed by atoms with Crippen LogP contribution in [0.5, 0.6) is 17.2 Å². The van der Waals surface area contributed by atoms with Gasteiger partial charge in [-0.1, -0.05) is 12.1 Å². The summed E-state index contributed by atoms with van der Waals surface area (Å²) in [5.74, 6) is -2.41. The van der Waals surface area contributed by atoms with Gasteiger partial charge in [0.15, 0.2) is 23.0 Å². The Balaban J connectivity index is 2.97. The van der Waals surface area contributed by atoms with E-state index in [0.717, 1.165) is 12.1 Å². The van der Waals surface area contributed by atoms with E-state index in [4.69, 9.17) is 4.89 Å². The average Bonchev–Trinajstić information content (AvgIpc) is 2.55. The van der Waals surface area contributed by atoms with E-state index in [2.05, 4.69) is 0 Å². The van der Waals surface area contributed by atoms with Crippen molar-refractivity contribution in [3.8, 4) is 17.2 Å². The Hall–Kier alpha value is -2.17. The minimum absolute atomic E-state index is 0.00421. The first kappa shape index (κ1) is 14.2. The van der Waals surface area contributed by atoms with Crippen molar-refractivity contribution in [3.63, 3.8) is 0 Å². The van der Waals surface area contributed by atoms with Gasteiger partial charge in [-0.15, -0.1) is 0 Å². The standard InChI is InChI=1S/C13H11O6P/c14-8-3-1-2-6-7(10(16)5-20-19)4-9(15)13(18)11(6)12(8)17/h1-4,15,18-20H,5H2,(H,14,17). The fourth-order valence-electron chi connectivity index (χ4n) is 1.91. The summed E-state index contributed by atoms with van der Waals surface area (Å²) in [6, 6.07) is 4.90. The molecule has 2 rings (SSSR count). The highest BCUT2D eigenvalue weighted by Crippen LogP contribution is 2.35. The minimum Gasteiger partial charge on any atom is -0.504 e. The van der Waals surface area contributed by atoms with Crippen molar-refractivity contribution in [2.75, 3.05) is 6.16 Å². The van der Waals surface area contributed by atoms with E-state index >= 15 is 0 Å². The number of hydrogen-bond donors (Lipinski definition) is 4. The summed E-state index contributed by atoms with van der Waals surface area (Å²) in [5.41, 5.74) is -0.886. The number of Topliss-reactive ketones (excluding diaryl/α,β-unsaturated/α-hetero) is 1. The Morgan fingerprint density at radius 2 is 1.85 bits per heavy atom. The summed E-state index contributed by atoms with van der Waals surface area (Å²) in [6.45, 7) is 0. The van der Waals surface area contributed by atoms with Crippen LogP contribution in [0.15, 0.2) is 29.1 Å². The van der Waals surface area contributed by atoms with Crippen molar-refractivity contribution >= 4 is 25.4 Å². The quantitative estimate of drug-likeness (QED) is 0.382. The van der Waals surface area contributed by atoms with Gasteiger partial charge < -0.3 is 20.2 Å². The summed E-state index contributed by atoms with van der Waals surface area (Å²) < 4.78 is 0. The predicted octanol–water partition coefficient (Wildman–Crippen LogP) is 1.09. The molecule has 0 aliphatic carbocycles. The molecule has 0 saturated carbocycles. The number of ketones is 1. The van der Waals surface area contributed by atoms with Crippen LogP contribution < -0.4 is 5.43 Å². The summed E-state index contributed by atoms with van der Waals surface area (Å²) in [4.78, 5) is 32.7. The lowest BCUT2D eigenvalue weighted by Gasteiger charge is -2.06. The van der Waals surface area contributed by atoms with E-state index in [9.17, 15) is 24.9 Å². The number of rotatable bonds is 3. The lowest BCUT2D eigenvalue weighted by Crippen LogP contribution is -2.05. The maximum atomic E-state index is 12.0. The average molecular weight is 294 g/mol. The summed E-state index contributed by atoms with van der Waals surface area (Å²) in [6.07, 6.45) is -0.155. The zero-order valence-electron chi connectivity index (χ0n) is 10.1. The van der Waals surface area contributed by atoms with Crippen molar-refractivity contribution in [1.82, 2.24) is 0 Å². The van der Waals surface area contributed by atoms with E-state index in [1.54, 1.807) is 0 Å². The largest absolute Gasteiger partial charge is 0.504 e. The van der Waals surface area contributed by atoms with Crippen LogP contribution >= 0.6 is 8.81 Å². The molecule has 0 saturated heterocycles. The number of carbonyl (C=O) groups excluding carboxylic acids is 1. The first-order valence-corrected chi connectivity index (χ1v) is 6.74. The van der Waals surface area contributed by atoms with E-state index < -0.39 is 37.3 Å². The van der Waals surface area contributed by atoms with Crippen molar-refractivity contribution < 1.29 is 25.0 Å². The molecular weight excluding hydrogens is 283 g/mol. The molecule has 7 heteroatoms. The first-order chi connectivity index (χ1) is 9.47. The summed E-state index contributed by atoms with van der Waals surface area (Å²) >= 11 is 0. The van der Waals surface area contributed by atoms with Gasteiger partial charge >= 0.3 is 0 Å². The first-order valence-electron chi connectivity index (χ1n) is 5.58. The number of phenols is 2. The topological polar surface area (TPSA) is 115 Å². The normalized spacial score (nSPS) is 11.2. The molecule has 0 amide bonds. The Labute approximate surface area is 114 Å². The smallest absolute Gasteiger partial charge is 0.231 e. The number of fused-ring (bicyclic) bond motifs is 1. The third-order valence-electron chi connectivity index (χ3n) is 2.84. The number of benzene rings is 1. The van der Waals surface area contributed by atoms with Crippen LogP contribution in [0.4, 0.5) is 0 Å². The molecule has 0 bridgehead atoms. The molecule has 0 aromatic heterocycles. The van der Waals surface area contributed by atoms with Crippen molar-refractivity contribution in [2.24, 2.45) is 0 Å². The van der Waals surface area contributed by atoms with E-state index in [-0.39, 0.29) is 22.5 Å². The van der Waals surface area contributed by atoms with Crippen LogP contribution in [-0.2, 0) is 0 Å². The molecule has 2 aromatic carbocycles. The predicted molar refractivity (Wildman–Crippen MR) is 74.9 cm³/mol. The highest BCUT2D eigenvalue weighted by Gasteiger charge is 2.18. The lowest BCUT2D eigenvalue weighted by atomic mass is 10.0. The van der Waals surface area contributed by atoms with Crippen molar-refractivity contribution in [1.29, 1.82) is 0 Å². The molecule has 20 heavy (non-hydrogen) atoms. The van der Waals surface area contributed by atoms with E-state index in [1.165, 1.54) is 12.1 Å². The van der Waals surface area contributed by atoms with Gasteiger partial charge in [-0.25, -0.2) is 0 Å². The van der Waals surface area contributed by atoms with Crippen LogP contribution in [0.25, 0.3) is 10.8 Å². The molecule has 0 aliphatic heterocycles. The second-order valence-corrected chi connectivity index (χ2v) is 4.75. The molecule has 0 heterocycles.